The van der Waals surface area contributed by atoms with Crippen molar-refractivity contribution in [3.63, 3.8) is 0 Å². The molecule has 0 aromatic heterocycles. The molecule has 2 rings (SSSR count). The van der Waals surface area contributed by atoms with Gasteiger partial charge in [-0.25, -0.2) is 8.78 Å². The lowest BCUT2D eigenvalue weighted by Gasteiger charge is -2.18. The van der Waals surface area contributed by atoms with Crippen LogP contribution in [-0.2, 0) is 6.54 Å². The normalized spacial score (nSPS) is 10.5. The summed E-state index contributed by atoms with van der Waals surface area (Å²) in [7, 11) is 1.55. The molecule has 6 heteroatoms. The summed E-state index contributed by atoms with van der Waals surface area (Å²) in [6.07, 6.45) is 0. The van der Waals surface area contributed by atoms with Gasteiger partial charge in [0.25, 0.3) is 5.91 Å². The van der Waals surface area contributed by atoms with Crippen molar-refractivity contribution >= 4 is 33.4 Å². The third-order valence-corrected chi connectivity index (χ3v) is 3.82. The second kappa shape index (κ2) is 6.54. The highest BCUT2D eigenvalue weighted by Gasteiger charge is 2.16. The minimum absolute atomic E-state index is 0.0417. The van der Waals surface area contributed by atoms with Gasteiger partial charge in [-0.3, -0.25) is 4.79 Å². The Balaban J connectivity index is 2.19. The Labute approximate surface area is 134 Å². The quantitative estimate of drug-likeness (QED) is 0.765. The molecule has 0 aliphatic heterocycles. The summed E-state index contributed by atoms with van der Waals surface area (Å²) in [5.74, 6) is -1.61. The lowest BCUT2D eigenvalue weighted by Crippen LogP contribution is -2.27. The van der Waals surface area contributed by atoms with Gasteiger partial charge in [-0.2, -0.15) is 0 Å². The Kier molecular flexibility index (Phi) is 4.96. The molecule has 0 saturated carbocycles. The molecule has 0 atom stereocenters. The van der Waals surface area contributed by atoms with E-state index in [1.807, 2.05) is 0 Å². The molecule has 2 nitrogen and oxygen atoms in total. The summed E-state index contributed by atoms with van der Waals surface area (Å²) in [4.78, 5) is 13.7. The van der Waals surface area contributed by atoms with Crippen LogP contribution in [0, 0.1) is 11.6 Å². The third-order valence-electron chi connectivity index (χ3n) is 2.93. The molecule has 0 heterocycles. The highest BCUT2D eigenvalue weighted by Crippen LogP contribution is 2.23. The second-order valence-corrected chi connectivity index (χ2v) is 5.81. The Hall–Kier alpha value is -1.46. The van der Waals surface area contributed by atoms with Crippen LogP contribution in [0.5, 0.6) is 0 Å². The van der Waals surface area contributed by atoms with Crippen LogP contribution in [0.25, 0.3) is 0 Å². The van der Waals surface area contributed by atoms with Gasteiger partial charge in [0, 0.05) is 34.7 Å². The number of halogens is 4. The van der Waals surface area contributed by atoms with Gasteiger partial charge < -0.3 is 4.90 Å². The fraction of sp³-hybridized carbons (Fsp3) is 0.133. The zero-order valence-corrected chi connectivity index (χ0v) is 13.4. The summed E-state index contributed by atoms with van der Waals surface area (Å²) < 4.78 is 27.0. The highest BCUT2D eigenvalue weighted by molar-refractivity contribution is 9.10. The number of hydrogen-bond donors (Lipinski definition) is 0. The van der Waals surface area contributed by atoms with Crippen molar-refractivity contribution in [3.05, 3.63) is 68.7 Å². The van der Waals surface area contributed by atoms with Crippen LogP contribution in [0.3, 0.4) is 0 Å². The first-order chi connectivity index (χ1) is 9.88. The van der Waals surface area contributed by atoms with Gasteiger partial charge in [-0.05, 0) is 40.2 Å². The molecule has 110 valence electrons. The molecular formula is C15H11BrClF2NO. The summed E-state index contributed by atoms with van der Waals surface area (Å²) in [6, 6.07) is 8.09. The second-order valence-electron chi connectivity index (χ2n) is 4.52. The molecule has 0 bridgehead atoms. The fourth-order valence-electron chi connectivity index (χ4n) is 1.85. The average molecular weight is 375 g/mol. The minimum atomic E-state index is -0.676. The molecule has 0 spiro atoms. The monoisotopic (exact) mass is 373 g/mol. The average Bonchev–Trinajstić information content (AvgIpc) is 2.41. The Morgan fingerprint density at radius 3 is 2.57 bits per heavy atom. The molecule has 0 aliphatic rings. The van der Waals surface area contributed by atoms with Crippen LogP contribution >= 0.6 is 27.5 Å². The van der Waals surface area contributed by atoms with Crippen LogP contribution in [0.1, 0.15) is 15.9 Å². The number of nitrogens with zero attached hydrogens (tertiary/aromatic N) is 1. The largest absolute Gasteiger partial charge is 0.337 e. The summed E-state index contributed by atoms with van der Waals surface area (Å²) in [5.41, 5.74) is 0.668. The summed E-state index contributed by atoms with van der Waals surface area (Å²) >= 11 is 9.10. The number of carbonyl (C=O) groups is 1. The van der Waals surface area contributed by atoms with Gasteiger partial charge in [0.05, 0.1) is 5.56 Å². The zero-order valence-electron chi connectivity index (χ0n) is 11.0. The van der Waals surface area contributed by atoms with Crippen molar-refractivity contribution in [2.24, 2.45) is 0 Å². The molecule has 1 amide bonds. The molecule has 0 fully saturated rings. The standard InChI is InChI=1S/C15H11BrClF2NO/c1-20(8-9-2-4-11(18)7-14(9)19)15(21)12-5-3-10(17)6-13(12)16/h2-7H,8H2,1H3. The minimum Gasteiger partial charge on any atom is -0.337 e. The van der Waals surface area contributed by atoms with Crippen LogP contribution in [0.2, 0.25) is 5.02 Å². The van der Waals surface area contributed by atoms with Gasteiger partial charge >= 0.3 is 0 Å². The lowest BCUT2D eigenvalue weighted by molar-refractivity contribution is 0.0783. The van der Waals surface area contributed by atoms with Gasteiger partial charge in [-0.15, -0.1) is 0 Å². The van der Waals surface area contributed by atoms with E-state index in [4.69, 9.17) is 11.6 Å². The van der Waals surface area contributed by atoms with Crippen LogP contribution in [-0.4, -0.2) is 17.9 Å². The molecule has 21 heavy (non-hydrogen) atoms. The van der Waals surface area contributed by atoms with E-state index in [2.05, 4.69) is 15.9 Å². The maximum atomic E-state index is 13.6. The molecule has 0 saturated heterocycles. The fourth-order valence-corrected chi connectivity index (χ4v) is 2.70. The molecule has 0 aliphatic carbocycles. The Morgan fingerprint density at radius 2 is 1.95 bits per heavy atom. The van der Waals surface area contributed by atoms with Crippen LogP contribution in [0.4, 0.5) is 8.78 Å². The van der Waals surface area contributed by atoms with Crippen molar-refractivity contribution in [1.29, 1.82) is 0 Å². The maximum absolute atomic E-state index is 13.6. The maximum Gasteiger partial charge on any atom is 0.255 e. The van der Waals surface area contributed by atoms with Crippen LogP contribution < -0.4 is 0 Å². The smallest absolute Gasteiger partial charge is 0.255 e. The van der Waals surface area contributed by atoms with Gasteiger partial charge in [0.15, 0.2) is 0 Å². The van der Waals surface area contributed by atoms with Crippen LogP contribution in [0.15, 0.2) is 40.9 Å². The van der Waals surface area contributed by atoms with E-state index in [0.29, 0.717) is 15.1 Å². The van der Waals surface area contributed by atoms with Crippen molar-refractivity contribution in [2.75, 3.05) is 7.05 Å². The van der Waals surface area contributed by atoms with Crippen molar-refractivity contribution < 1.29 is 13.6 Å². The van der Waals surface area contributed by atoms with E-state index in [1.54, 1.807) is 25.2 Å². The Morgan fingerprint density at radius 1 is 1.24 bits per heavy atom. The predicted molar refractivity (Wildman–Crippen MR) is 81.3 cm³/mol. The van der Waals surface area contributed by atoms with E-state index in [9.17, 15) is 13.6 Å². The number of amides is 1. The highest BCUT2D eigenvalue weighted by atomic mass is 79.9. The molecule has 2 aromatic rings. The van der Waals surface area contributed by atoms with Gasteiger partial charge in [0.1, 0.15) is 11.6 Å². The first-order valence-corrected chi connectivity index (χ1v) is 7.20. The molecule has 0 N–H and O–H groups in total. The Bertz CT molecular complexity index is 693. The van der Waals surface area contributed by atoms with Crippen molar-refractivity contribution in [3.8, 4) is 0 Å². The topological polar surface area (TPSA) is 20.3 Å². The first kappa shape index (κ1) is 15.9. The summed E-state index contributed by atoms with van der Waals surface area (Å²) in [5, 5.41) is 0.505. The van der Waals surface area contributed by atoms with E-state index in [1.165, 1.54) is 11.0 Å². The van der Waals surface area contributed by atoms with Gasteiger partial charge in [0.2, 0.25) is 0 Å². The molecular weight excluding hydrogens is 364 g/mol. The summed E-state index contributed by atoms with van der Waals surface area (Å²) in [6.45, 7) is 0.0417. The first-order valence-electron chi connectivity index (χ1n) is 6.03. The molecule has 0 unspecified atom stereocenters. The van der Waals surface area contributed by atoms with Gasteiger partial charge in [-0.1, -0.05) is 17.7 Å². The van der Waals surface area contributed by atoms with E-state index in [0.717, 1.165) is 12.1 Å². The predicted octanol–water partition coefficient (Wildman–Crippen LogP) is 4.65. The number of hydrogen-bond acceptors (Lipinski definition) is 1. The number of carbonyl (C=O) groups excluding carboxylic acids is 1. The molecule has 2 aromatic carbocycles. The van der Waals surface area contributed by atoms with Crippen molar-refractivity contribution in [1.82, 2.24) is 4.90 Å². The third kappa shape index (κ3) is 3.80. The number of rotatable bonds is 3. The SMILES string of the molecule is CN(Cc1ccc(F)cc1F)C(=O)c1ccc(Cl)cc1Br. The van der Waals surface area contributed by atoms with E-state index in [-0.39, 0.29) is 18.0 Å². The van der Waals surface area contributed by atoms with E-state index >= 15 is 0 Å². The number of benzene rings is 2. The molecule has 0 radical (unpaired) electrons. The van der Waals surface area contributed by atoms with E-state index < -0.39 is 11.6 Å². The van der Waals surface area contributed by atoms with Crippen molar-refractivity contribution in [2.45, 2.75) is 6.54 Å². The zero-order chi connectivity index (χ0) is 15.6. The lowest BCUT2D eigenvalue weighted by atomic mass is 10.1.